The normalized spacial score (nSPS) is 9.83. The Hall–Kier alpha value is -2.41. The first-order valence-electron chi connectivity index (χ1n) is 4.84. The van der Waals surface area contributed by atoms with Gasteiger partial charge in [0.1, 0.15) is 5.82 Å². The molecule has 6 nitrogen and oxygen atoms in total. The maximum atomic E-state index is 12.7. The molecule has 0 unspecified atom stereocenters. The number of nitrogens with one attached hydrogen (secondary N) is 1. The first-order valence-corrected chi connectivity index (χ1v) is 4.84. The molecular formula is C11H12FN3O3. The Labute approximate surface area is 101 Å². The fraction of sp³-hybridized carbons (Fsp3) is 0.0909. The van der Waals surface area contributed by atoms with Crippen LogP contribution in [0.4, 0.5) is 4.39 Å². The lowest BCUT2D eigenvalue weighted by Crippen LogP contribution is -2.29. The van der Waals surface area contributed by atoms with Crippen LogP contribution < -0.4 is 17.4 Å². The average molecular weight is 253 g/mol. The number of hydrogen-bond acceptors (Lipinski definition) is 4. The number of aromatic hydroxyl groups is 1. The highest BCUT2D eigenvalue weighted by Crippen LogP contribution is 2.07. The van der Waals surface area contributed by atoms with Gasteiger partial charge in [-0.15, -0.1) is 0 Å². The van der Waals surface area contributed by atoms with Crippen LogP contribution in [0.1, 0.15) is 5.56 Å². The predicted molar refractivity (Wildman–Crippen MR) is 63.5 cm³/mol. The fourth-order valence-corrected chi connectivity index (χ4v) is 1.43. The molecule has 1 aromatic carbocycles. The van der Waals surface area contributed by atoms with Crippen molar-refractivity contribution in [1.82, 2.24) is 15.7 Å². The zero-order chi connectivity index (χ0) is 12.4. The first-order chi connectivity index (χ1) is 8.06. The number of aromatic nitrogens is 2. The molecule has 0 spiro atoms. The van der Waals surface area contributed by atoms with Gasteiger partial charge in [0.25, 0.3) is 5.56 Å². The Kier molecular flexibility index (Phi) is 4.01. The molecule has 0 bridgehead atoms. The highest BCUT2D eigenvalue weighted by molar-refractivity contribution is 5.18. The Balaban J connectivity index is 0.00000162. The third-order valence-corrected chi connectivity index (χ3v) is 2.27. The molecule has 0 amide bonds. The van der Waals surface area contributed by atoms with Gasteiger partial charge < -0.3 is 11.3 Å². The SMILES string of the molecule is N.O=c1cc(O)n(Cc2ccc(F)cc2)c(=O)[nH]1. The van der Waals surface area contributed by atoms with E-state index in [9.17, 15) is 19.1 Å². The number of halogens is 1. The molecule has 1 heterocycles. The number of H-pyrrole nitrogens is 1. The number of nitrogens with zero attached hydrogens (tertiary/aromatic N) is 1. The quantitative estimate of drug-likeness (QED) is 0.727. The van der Waals surface area contributed by atoms with E-state index < -0.39 is 17.1 Å². The lowest BCUT2D eigenvalue weighted by Gasteiger charge is -2.06. The first kappa shape index (κ1) is 13.7. The van der Waals surface area contributed by atoms with Gasteiger partial charge in [-0.25, -0.2) is 9.18 Å². The molecule has 0 saturated heterocycles. The van der Waals surface area contributed by atoms with E-state index in [4.69, 9.17) is 0 Å². The van der Waals surface area contributed by atoms with E-state index in [1.165, 1.54) is 24.3 Å². The van der Waals surface area contributed by atoms with Crippen molar-refractivity contribution in [3.63, 3.8) is 0 Å². The molecule has 0 aliphatic carbocycles. The van der Waals surface area contributed by atoms with E-state index in [-0.39, 0.29) is 18.5 Å². The molecule has 7 heteroatoms. The summed E-state index contributed by atoms with van der Waals surface area (Å²) in [5.41, 5.74) is -0.738. The van der Waals surface area contributed by atoms with Gasteiger partial charge in [-0.05, 0) is 17.7 Å². The van der Waals surface area contributed by atoms with Crippen molar-refractivity contribution in [2.24, 2.45) is 0 Å². The van der Waals surface area contributed by atoms with E-state index >= 15 is 0 Å². The summed E-state index contributed by atoms with van der Waals surface area (Å²) < 4.78 is 13.7. The fourth-order valence-electron chi connectivity index (χ4n) is 1.43. The summed E-state index contributed by atoms with van der Waals surface area (Å²) in [6.07, 6.45) is 0. The summed E-state index contributed by atoms with van der Waals surface area (Å²) in [5, 5.41) is 9.46. The molecule has 2 rings (SSSR count). The maximum absolute atomic E-state index is 12.7. The summed E-state index contributed by atoms with van der Waals surface area (Å²) >= 11 is 0. The smallest absolute Gasteiger partial charge is 0.331 e. The minimum absolute atomic E-state index is 0. The van der Waals surface area contributed by atoms with Crippen molar-refractivity contribution in [3.05, 3.63) is 62.6 Å². The topological polar surface area (TPSA) is 110 Å². The average Bonchev–Trinajstić information content (AvgIpc) is 2.26. The van der Waals surface area contributed by atoms with E-state index in [0.717, 1.165) is 10.6 Å². The van der Waals surface area contributed by atoms with Gasteiger partial charge in [0.2, 0.25) is 5.88 Å². The molecule has 18 heavy (non-hydrogen) atoms. The van der Waals surface area contributed by atoms with Gasteiger partial charge in [0.15, 0.2) is 0 Å². The van der Waals surface area contributed by atoms with E-state index in [1.807, 2.05) is 4.98 Å². The van der Waals surface area contributed by atoms with Gasteiger partial charge in [0, 0.05) is 0 Å². The van der Waals surface area contributed by atoms with Crippen LogP contribution in [0.5, 0.6) is 5.88 Å². The molecule has 1 aromatic heterocycles. The highest BCUT2D eigenvalue weighted by Gasteiger charge is 2.05. The summed E-state index contributed by atoms with van der Waals surface area (Å²) in [7, 11) is 0. The lowest BCUT2D eigenvalue weighted by molar-refractivity contribution is 0.409. The van der Waals surface area contributed by atoms with Crippen molar-refractivity contribution >= 4 is 0 Å². The van der Waals surface area contributed by atoms with Crippen LogP contribution in [-0.2, 0) is 6.54 Å². The number of rotatable bonds is 2. The summed E-state index contributed by atoms with van der Waals surface area (Å²) in [6.45, 7) is 0.0573. The molecule has 5 N–H and O–H groups in total. The molecule has 0 saturated carbocycles. The molecule has 0 radical (unpaired) electrons. The van der Waals surface area contributed by atoms with Crippen LogP contribution in [-0.4, -0.2) is 14.7 Å². The van der Waals surface area contributed by atoms with Crippen LogP contribution in [0.15, 0.2) is 39.9 Å². The standard InChI is InChI=1S/C11H9FN2O3.H3N/c12-8-3-1-7(2-4-8)6-14-10(16)5-9(15)13-11(14)17;/h1-5,16H,6H2,(H,13,15,17);1H3. The van der Waals surface area contributed by atoms with Crippen LogP contribution >= 0.6 is 0 Å². The van der Waals surface area contributed by atoms with E-state index in [1.54, 1.807) is 0 Å². The third-order valence-electron chi connectivity index (χ3n) is 2.27. The van der Waals surface area contributed by atoms with Crippen LogP contribution in [0.3, 0.4) is 0 Å². The van der Waals surface area contributed by atoms with Crippen molar-refractivity contribution in [2.45, 2.75) is 6.54 Å². The Morgan fingerprint density at radius 2 is 1.83 bits per heavy atom. The highest BCUT2D eigenvalue weighted by atomic mass is 19.1. The Bertz CT molecular complexity index is 646. The van der Waals surface area contributed by atoms with Gasteiger partial charge in [-0.2, -0.15) is 0 Å². The second-order valence-electron chi connectivity index (χ2n) is 3.51. The largest absolute Gasteiger partial charge is 0.494 e. The molecule has 0 aliphatic rings. The van der Waals surface area contributed by atoms with Crippen LogP contribution in [0, 0.1) is 5.82 Å². The predicted octanol–water partition coefficient (Wildman–Crippen LogP) is 0.592. The van der Waals surface area contributed by atoms with Gasteiger partial charge in [0.05, 0.1) is 12.6 Å². The second kappa shape index (κ2) is 5.28. The van der Waals surface area contributed by atoms with Crippen molar-refractivity contribution in [2.75, 3.05) is 0 Å². The summed E-state index contributed by atoms with van der Waals surface area (Å²) in [6, 6.07) is 6.40. The molecule has 0 aliphatic heterocycles. The summed E-state index contributed by atoms with van der Waals surface area (Å²) in [4.78, 5) is 24.3. The monoisotopic (exact) mass is 253 g/mol. The Morgan fingerprint density at radius 3 is 2.39 bits per heavy atom. The zero-order valence-corrected chi connectivity index (χ0v) is 9.39. The number of aromatic amines is 1. The van der Waals surface area contributed by atoms with Crippen molar-refractivity contribution in [1.29, 1.82) is 0 Å². The second-order valence-corrected chi connectivity index (χ2v) is 3.51. The van der Waals surface area contributed by atoms with Gasteiger partial charge in [-0.3, -0.25) is 14.3 Å². The minimum Gasteiger partial charge on any atom is -0.494 e. The van der Waals surface area contributed by atoms with Crippen LogP contribution in [0.2, 0.25) is 0 Å². The Morgan fingerprint density at radius 1 is 1.22 bits per heavy atom. The maximum Gasteiger partial charge on any atom is 0.331 e. The molecular weight excluding hydrogens is 241 g/mol. The molecule has 2 aromatic rings. The van der Waals surface area contributed by atoms with Gasteiger partial charge in [-0.1, -0.05) is 12.1 Å². The third kappa shape index (κ3) is 2.83. The van der Waals surface area contributed by atoms with E-state index in [2.05, 4.69) is 0 Å². The lowest BCUT2D eigenvalue weighted by atomic mass is 10.2. The molecule has 0 fully saturated rings. The minimum atomic E-state index is -0.709. The zero-order valence-electron chi connectivity index (χ0n) is 9.39. The van der Waals surface area contributed by atoms with Crippen molar-refractivity contribution < 1.29 is 9.50 Å². The number of benzene rings is 1. The molecule has 96 valence electrons. The van der Waals surface area contributed by atoms with Crippen LogP contribution in [0.25, 0.3) is 0 Å². The molecule has 0 atom stereocenters. The number of hydrogen-bond donors (Lipinski definition) is 3. The summed E-state index contributed by atoms with van der Waals surface area (Å²) in [5.74, 6) is -0.810. The van der Waals surface area contributed by atoms with Gasteiger partial charge >= 0.3 is 5.69 Å². The van der Waals surface area contributed by atoms with Crippen molar-refractivity contribution in [3.8, 4) is 5.88 Å². The van der Waals surface area contributed by atoms with E-state index in [0.29, 0.717) is 5.56 Å².